The highest BCUT2D eigenvalue weighted by atomic mass is 15.1. The van der Waals surface area contributed by atoms with E-state index in [1.165, 1.54) is 16.2 Å². The van der Waals surface area contributed by atoms with E-state index >= 15 is 0 Å². The van der Waals surface area contributed by atoms with Crippen LogP contribution in [0.4, 0.5) is 0 Å². The lowest BCUT2D eigenvalue weighted by Gasteiger charge is -2.12. The third kappa shape index (κ3) is 4.25. The molecular weight excluding hydrogens is 637 g/mol. The SMILES string of the molecule is c1ccc(-c2nc(-c3ccccc3)nc(-c3cccc(-n4c5ccccc5c5ccc6c(nc7c8ccccc8c8ccccc8n67)c54)c3)n2)cc1. The fourth-order valence-electron chi connectivity index (χ4n) is 7.81. The molecule has 0 atom stereocenters. The van der Waals surface area contributed by atoms with Gasteiger partial charge in [-0.1, -0.05) is 133 Å². The van der Waals surface area contributed by atoms with Crippen LogP contribution in [0.25, 0.3) is 100 Å². The summed E-state index contributed by atoms with van der Waals surface area (Å²) in [7, 11) is 0. The molecule has 0 aliphatic carbocycles. The average Bonchev–Trinajstić information content (AvgIpc) is 3.79. The summed E-state index contributed by atoms with van der Waals surface area (Å²) in [5, 5.41) is 5.87. The van der Waals surface area contributed by atoms with Crippen LogP contribution in [-0.4, -0.2) is 28.9 Å². The summed E-state index contributed by atoms with van der Waals surface area (Å²) in [4.78, 5) is 20.5. The predicted molar refractivity (Wildman–Crippen MR) is 212 cm³/mol. The van der Waals surface area contributed by atoms with E-state index in [2.05, 4.69) is 118 Å². The Balaban J connectivity index is 1.20. The van der Waals surface area contributed by atoms with Gasteiger partial charge < -0.3 is 4.57 Å². The second-order valence-electron chi connectivity index (χ2n) is 13.1. The van der Waals surface area contributed by atoms with Gasteiger partial charge in [-0.15, -0.1) is 0 Å². The molecule has 0 saturated heterocycles. The van der Waals surface area contributed by atoms with Gasteiger partial charge in [0.15, 0.2) is 17.5 Å². The van der Waals surface area contributed by atoms with Crippen molar-refractivity contribution in [3.8, 4) is 39.9 Å². The van der Waals surface area contributed by atoms with E-state index in [4.69, 9.17) is 19.9 Å². The molecule has 0 N–H and O–H groups in total. The molecule has 11 rings (SSSR count). The second kappa shape index (κ2) is 11.2. The first-order valence-electron chi connectivity index (χ1n) is 17.4. The Morgan fingerprint density at radius 1 is 0.346 bits per heavy atom. The molecule has 6 heteroatoms. The fraction of sp³-hybridized carbons (Fsp3) is 0. The summed E-state index contributed by atoms with van der Waals surface area (Å²) < 4.78 is 4.68. The van der Waals surface area contributed by atoms with Gasteiger partial charge in [0.1, 0.15) is 11.2 Å². The summed E-state index contributed by atoms with van der Waals surface area (Å²) >= 11 is 0. The maximum atomic E-state index is 5.48. The first-order valence-corrected chi connectivity index (χ1v) is 17.4. The fourth-order valence-corrected chi connectivity index (χ4v) is 7.81. The molecule has 0 saturated carbocycles. The molecule has 4 heterocycles. The molecule has 0 fully saturated rings. The summed E-state index contributed by atoms with van der Waals surface area (Å²) in [6.07, 6.45) is 0. The van der Waals surface area contributed by atoms with Crippen LogP contribution in [0.5, 0.6) is 0 Å². The Kier molecular flexibility index (Phi) is 6.15. The minimum Gasteiger partial charge on any atom is -0.307 e. The smallest absolute Gasteiger partial charge is 0.164 e. The summed E-state index contributed by atoms with van der Waals surface area (Å²) in [5.74, 6) is 1.89. The van der Waals surface area contributed by atoms with Crippen molar-refractivity contribution in [1.29, 1.82) is 0 Å². The zero-order chi connectivity index (χ0) is 34.2. The van der Waals surface area contributed by atoms with Crippen LogP contribution in [0, 0.1) is 0 Å². The lowest BCUT2D eigenvalue weighted by Crippen LogP contribution is -2.01. The zero-order valence-corrected chi connectivity index (χ0v) is 27.8. The quantitative estimate of drug-likeness (QED) is 0.176. The number of pyridine rings is 1. The van der Waals surface area contributed by atoms with Crippen molar-refractivity contribution in [3.63, 3.8) is 0 Å². The van der Waals surface area contributed by atoms with E-state index in [9.17, 15) is 0 Å². The minimum atomic E-state index is 0.617. The molecule has 6 nitrogen and oxygen atoms in total. The Labute approximate surface area is 297 Å². The van der Waals surface area contributed by atoms with Crippen molar-refractivity contribution in [2.45, 2.75) is 0 Å². The van der Waals surface area contributed by atoms with Gasteiger partial charge >= 0.3 is 0 Å². The van der Waals surface area contributed by atoms with E-state index < -0.39 is 0 Å². The number of rotatable bonds is 4. The first kappa shape index (κ1) is 28.6. The topological polar surface area (TPSA) is 60.9 Å². The molecule has 11 aromatic rings. The number of para-hydroxylation sites is 2. The molecule has 0 unspecified atom stereocenters. The maximum absolute atomic E-state index is 5.48. The number of hydrogen-bond donors (Lipinski definition) is 0. The molecule has 0 radical (unpaired) electrons. The summed E-state index contributed by atoms with van der Waals surface area (Å²) in [5.41, 5.74) is 10.1. The van der Waals surface area contributed by atoms with Crippen molar-refractivity contribution in [3.05, 3.63) is 170 Å². The van der Waals surface area contributed by atoms with Gasteiger partial charge in [-0.3, -0.25) is 4.40 Å². The van der Waals surface area contributed by atoms with Gasteiger partial charge in [-0.05, 0) is 41.8 Å². The third-order valence-electron chi connectivity index (χ3n) is 10.1. The van der Waals surface area contributed by atoms with Crippen LogP contribution in [0.1, 0.15) is 0 Å². The van der Waals surface area contributed by atoms with Gasteiger partial charge in [0.05, 0.1) is 22.1 Å². The highest BCUT2D eigenvalue weighted by Crippen LogP contribution is 2.40. The first-order chi connectivity index (χ1) is 25.8. The van der Waals surface area contributed by atoms with E-state index in [1.54, 1.807) is 0 Å². The molecule has 0 aliphatic heterocycles. The Hall–Kier alpha value is -7.18. The van der Waals surface area contributed by atoms with Crippen LogP contribution in [0.3, 0.4) is 0 Å². The maximum Gasteiger partial charge on any atom is 0.164 e. The summed E-state index contributed by atoms with van der Waals surface area (Å²) in [6.45, 7) is 0. The normalized spacial score (nSPS) is 11.8. The van der Waals surface area contributed by atoms with Gasteiger partial charge in [0.2, 0.25) is 0 Å². The van der Waals surface area contributed by atoms with Gasteiger partial charge in [0, 0.05) is 43.9 Å². The number of aromatic nitrogens is 6. The van der Waals surface area contributed by atoms with Crippen molar-refractivity contribution >= 4 is 60.2 Å². The van der Waals surface area contributed by atoms with Crippen molar-refractivity contribution < 1.29 is 0 Å². The highest BCUT2D eigenvalue weighted by Gasteiger charge is 2.21. The van der Waals surface area contributed by atoms with Crippen LogP contribution in [0.15, 0.2) is 170 Å². The lowest BCUT2D eigenvalue weighted by atomic mass is 10.1. The van der Waals surface area contributed by atoms with E-state index in [0.717, 1.165) is 66.4 Å². The molecule has 0 amide bonds. The highest BCUT2D eigenvalue weighted by molar-refractivity contribution is 6.20. The van der Waals surface area contributed by atoms with Crippen LogP contribution >= 0.6 is 0 Å². The molecule has 4 aromatic heterocycles. The van der Waals surface area contributed by atoms with Crippen molar-refractivity contribution in [2.75, 3.05) is 0 Å². The van der Waals surface area contributed by atoms with Crippen LogP contribution in [0.2, 0.25) is 0 Å². The molecule has 242 valence electrons. The Bertz CT molecular complexity index is 3120. The van der Waals surface area contributed by atoms with Crippen molar-refractivity contribution in [1.82, 2.24) is 28.9 Å². The van der Waals surface area contributed by atoms with E-state index in [1.807, 2.05) is 60.7 Å². The lowest BCUT2D eigenvalue weighted by molar-refractivity contribution is 1.07. The standard InChI is InChI=1S/C46H28N6/c1-3-14-29(15-4-1)43-48-44(30-16-5-2-6-17-30)50-45(49-43)31-18-13-19-32(28-31)51-38-24-11-10-22-35(38)36-26-27-40-41(42(36)51)47-46-37-23-8-7-20-33(37)34-21-9-12-25-39(34)52(40)46/h1-28H. The third-order valence-corrected chi connectivity index (χ3v) is 10.1. The predicted octanol–water partition coefficient (Wildman–Crippen LogP) is 11.1. The second-order valence-corrected chi connectivity index (χ2v) is 13.1. The number of nitrogens with zero attached hydrogens (tertiary/aromatic N) is 6. The summed E-state index contributed by atoms with van der Waals surface area (Å²) in [6, 6.07) is 59.0. The molecule has 0 bridgehead atoms. The number of imidazole rings is 1. The monoisotopic (exact) mass is 664 g/mol. The van der Waals surface area contributed by atoms with Crippen molar-refractivity contribution in [2.24, 2.45) is 0 Å². The number of benzene rings is 7. The Morgan fingerprint density at radius 3 is 1.58 bits per heavy atom. The largest absolute Gasteiger partial charge is 0.307 e. The molecule has 52 heavy (non-hydrogen) atoms. The molecule has 7 aromatic carbocycles. The number of fused-ring (bicyclic) bond motifs is 12. The van der Waals surface area contributed by atoms with Gasteiger partial charge in [-0.25, -0.2) is 19.9 Å². The number of hydrogen-bond acceptors (Lipinski definition) is 4. The average molecular weight is 665 g/mol. The van der Waals surface area contributed by atoms with Gasteiger partial charge in [-0.2, -0.15) is 0 Å². The van der Waals surface area contributed by atoms with Crippen LogP contribution < -0.4 is 0 Å². The Morgan fingerprint density at radius 2 is 0.885 bits per heavy atom. The zero-order valence-electron chi connectivity index (χ0n) is 27.8. The van der Waals surface area contributed by atoms with Crippen LogP contribution in [-0.2, 0) is 0 Å². The van der Waals surface area contributed by atoms with E-state index in [-0.39, 0.29) is 0 Å². The van der Waals surface area contributed by atoms with E-state index in [0.29, 0.717) is 17.5 Å². The van der Waals surface area contributed by atoms with Gasteiger partial charge in [0.25, 0.3) is 0 Å². The molecule has 0 spiro atoms. The molecular formula is C46H28N6. The molecule has 0 aliphatic rings. The minimum absolute atomic E-state index is 0.617.